The zero-order valence-electron chi connectivity index (χ0n) is 9.21. The summed E-state index contributed by atoms with van der Waals surface area (Å²) in [7, 11) is 0. The van der Waals surface area contributed by atoms with E-state index in [9.17, 15) is 5.11 Å². The molecule has 0 aromatic rings. The van der Waals surface area contributed by atoms with Gasteiger partial charge in [-0.1, -0.05) is 12.8 Å². The normalized spacial score (nSPS) is 44.2. The maximum atomic E-state index is 10.7. The van der Waals surface area contributed by atoms with Gasteiger partial charge in [0.1, 0.15) is 0 Å². The van der Waals surface area contributed by atoms with Crippen LogP contribution in [0.25, 0.3) is 0 Å². The van der Waals surface area contributed by atoms with Crippen LogP contribution in [0.5, 0.6) is 0 Å². The van der Waals surface area contributed by atoms with E-state index in [1.54, 1.807) is 0 Å². The minimum Gasteiger partial charge on any atom is -0.389 e. The fourth-order valence-corrected chi connectivity index (χ4v) is 3.78. The topological polar surface area (TPSA) is 38.7 Å². The van der Waals surface area contributed by atoms with Crippen molar-refractivity contribution in [3.8, 4) is 0 Å². The molecule has 0 bridgehead atoms. The minimum absolute atomic E-state index is 0.218. The van der Waals surface area contributed by atoms with Crippen LogP contribution in [-0.2, 0) is 9.47 Å². The summed E-state index contributed by atoms with van der Waals surface area (Å²) < 4.78 is 11.7. The molecular formula is C12H20O3. The highest BCUT2D eigenvalue weighted by Crippen LogP contribution is 2.51. The molecule has 1 N–H and O–H groups in total. The van der Waals surface area contributed by atoms with Crippen LogP contribution in [0, 0.1) is 5.92 Å². The predicted molar refractivity (Wildman–Crippen MR) is 55.4 cm³/mol. The lowest BCUT2D eigenvalue weighted by Crippen LogP contribution is -2.57. The van der Waals surface area contributed by atoms with E-state index in [-0.39, 0.29) is 5.92 Å². The third kappa shape index (κ3) is 1.44. The Balaban J connectivity index is 1.89. The lowest BCUT2D eigenvalue weighted by molar-refractivity contribution is -0.271. The van der Waals surface area contributed by atoms with Crippen molar-refractivity contribution in [1.29, 1.82) is 0 Å². The number of hydrogen-bond donors (Lipinski definition) is 1. The van der Waals surface area contributed by atoms with Gasteiger partial charge < -0.3 is 14.6 Å². The predicted octanol–water partition coefficient (Wildman–Crippen LogP) is 1.83. The summed E-state index contributed by atoms with van der Waals surface area (Å²) >= 11 is 0. The summed E-state index contributed by atoms with van der Waals surface area (Å²) in [5.74, 6) is -0.206. The maximum Gasteiger partial charge on any atom is 0.174 e. The first-order chi connectivity index (χ1) is 7.25. The van der Waals surface area contributed by atoms with Gasteiger partial charge in [0.05, 0.1) is 18.8 Å². The Morgan fingerprint density at radius 1 is 0.933 bits per heavy atom. The molecule has 3 rings (SSSR count). The summed E-state index contributed by atoms with van der Waals surface area (Å²) in [6, 6.07) is 0. The van der Waals surface area contributed by atoms with E-state index < -0.39 is 11.4 Å². The molecule has 0 aromatic carbocycles. The van der Waals surface area contributed by atoms with Crippen LogP contribution in [0.2, 0.25) is 0 Å². The number of aliphatic hydroxyl groups is 1. The standard InChI is InChI=1S/C12H20O3/c13-11-5-2-1-4-10(11)12(7-3-6-11)14-8-9-15-12/h10,13H,1-9H2/t10-,11+/m0/s1. The fraction of sp³-hybridized carbons (Fsp3) is 1.00. The smallest absolute Gasteiger partial charge is 0.174 e. The van der Waals surface area contributed by atoms with Gasteiger partial charge in [-0.2, -0.15) is 0 Å². The average molecular weight is 212 g/mol. The molecule has 0 radical (unpaired) electrons. The molecule has 2 saturated carbocycles. The van der Waals surface area contributed by atoms with Crippen molar-refractivity contribution < 1.29 is 14.6 Å². The van der Waals surface area contributed by atoms with Crippen LogP contribution in [0.4, 0.5) is 0 Å². The molecule has 0 amide bonds. The maximum absolute atomic E-state index is 10.7. The first-order valence-electron chi connectivity index (χ1n) is 6.26. The van der Waals surface area contributed by atoms with E-state index in [1.807, 2.05) is 0 Å². The highest BCUT2D eigenvalue weighted by Gasteiger charge is 2.56. The van der Waals surface area contributed by atoms with Gasteiger partial charge in [0.15, 0.2) is 5.79 Å². The van der Waals surface area contributed by atoms with Crippen molar-refractivity contribution >= 4 is 0 Å². The van der Waals surface area contributed by atoms with E-state index in [0.29, 0.717) is 13.2 Å². The van der Waals surface area contributed by atoms with E-state index in [4.69, 9.17) is 9.47 Å². The molecule has 15 heavy (non-hydrogen) atoms. The Kier molecular flexibility index (Phi) is 2.31. The van der Waals surface area contributed by atoms with Gasteiger partial charge in [0.2, 0.25) is 0 Å². The van der Waals surface area contributed by atoms with Crippen LogP contribution in [-0.4, -0.2) is 29.7 Å². The van der Waals surface area contributed by atoms with Crippen molar-refractivity contribution in [3.63, 3.8) is 0 Å². The van der Waals surface area contributed by atoms with Crippen LogP contribution >= 0.6 is 0 Å². The van der Waals surface area contributed by atoms with Crippen molar-refractivity contribution in [1.82, 2.24) is 0 Å². The van der Waals surface area contributed by atoms with Crippen LogP contribution in [0.15, 0.2) is 0 Å². The zero-order valence-corrected chi connectivity index (χ0v) is 9.21. The van der Waals surface area contributed by atoms with Crippen molar-refractivity contribution in [2.24, 2.45) is 5.92 Å². The van der Waals surface area contributed by atoms with Crippen LogP contribution in [0.1, 0.15) is 44.9 Å². The van der Waals surface area contributed by atoms with Crippen LogP contribution < -0.4 is 0 Å². The minimum atomic E-state index is -0.499. The first-order valence-corrected chi connectivity index (χ1v) is 6.26. The van der Waals surface area contributed by atoms with Crippen LogP contribution in [0.3, 0.4) is 0 Å². The van der Waals surface area contributed by atoms with Gasteiger partial charge in [-0.3, -0.25) is 0 Å². The number of fused-ring (bicyclic) bond motifs is 2. The van der Waals surface area contributed by atoms with Gasteiger partial charge in [-0.05, 0) is 25.7 Å². The largest absolute Gasteiger partial charge is 0.389 e. The molecular weight excluding hydrogens is 192 g/mol. The van der Waals surface area contributed by atoms with Gasteiger partial charge in [0.25, 0.3) is 0 Å². The van der Waals surface area contributed by atoms with Crippen molar-refractivity contribution in [2.45, 2.75) is 56.3 Å². The van der Waals surface area contributed by atoms with E-state index >= 15 is 0 Å². The Labute approximate surface area is 90.8 Å². The molecule has 0 unspecified atom stereocenters. The molecule has 0 aromatic heterocycles. The van der Waals surface area contributed by atoms with Crippen molar-refractivity contribution in [3.05, 3.63) is 0 Å². The molecule has 3 aliphatic rings. The summed E-state index contributed by atoms with van der Waals surface area (Å²) in [5, 5.41) is 10.7. The summed E-state index contributed by atoms with van der Waals surface area (Å²) in [6.45, 7) is 1.40. The van der Waals surface area contributed by atoms with E-state index in [2.05, 4.69) is 0 Å². The zero-order chi connectivity index (χ0) is 10.4. The molecule has 1 aliphatic heterocycles. The molecule has 86 valence electrons. The van der Waals surface area contributed by atoms with Gasteiger partial charge in [0, 0.05) is 12.3 Å². The van der Waals surface area contributed by atoms with E-state index in [0.717, 1.165) is 38.5 Å². The number of hydrogen-bond acceptors (Lipinski definition) is 3. The second-order valence-corrected chi connectivity index (χ2v) is 5.26. The Morgan fingerprint density at radius 2 is 1.67 bits per heavy atom. The molecule has 3 fully saturated rings. The Bertz CT molecular complexity index is 243. The molecule has 2 aliphatic carbocycles. The lowest BCUT2D eigenvalue weighted by Gasteiger charge is -2.51. The summed E-state index contributed by atoms with van der Waals surface area (Å²) in [4.78, 5) is 0. The Hall–Kier alpha value is -0.120. The first kappa shape index (κ1) is 10.1. The van der Waals surface area contributed by atoms with Gasteiger partial charge in [-0.25, -0.2) is 0 Å². The molecule has 1 heterocycles. The number of ether oxygens (including phenoxy) is 2. The van der Waals surface area contributed by atoms with Gasteiger partial charge >= 0.3 is 0 Å². The monoisotopic (exact) mass is 212 g/mol. The quantitative estimate of drug-likeness (QED) is 0.666. The Morgan fingerprint density at radius 3 is 2.47 bits per heavy atom. The third-order valence-corrected chi connectivity index (χ3v) is 4.44. The molecule has 3 nitrogen and oxygen atoms in total. The van der Waals surface area contributed by atoms with Gasteiger partial charge in [-0.15, -0.1) is 0 Å². The highest BCUT2D eigenvalue weighted by molar-refractivity contribution is 5.02. The van der Waals surface area contributed by atoms with Crippen molar-refractivity contribution in [2.75, 3.05) is 13.2 Å². The molecule has 3 heteroatoms. The second-order valence-electron chi connectivity index (χ2n) is 5.26. The van der Waals surface area contributed by atoms with E-state index in [1.165, 1.54) is 6.42 Å². The average Bonchev–Trinajstić information content (AvgIpc) is 2.67. The fourth-order valence-electron chi connectivity index (χ4n) is 3.78. The lowest BCUT2D eigenvalue weighted by atomic mass is 9.64. The summed E-state index contributed by atoms with van der Waals surface area (Å²) in [5.41, 5.74) is -0.499. The summed E-state index contributed by atoms with van der Waals surface area (Å²) in [6.07, 6.45) is 7.31. The molecule has 1 saturated heterocycles. The third-order valence-electron chi connectivity index (χ3n) is 4.44. The molecule has 1 spiro atoms. The highest BCUT2D eigenvalue weighted by atomic mass is 16.7. The molecule has 2 atom stereocenters. The SMILES string of the molecule is O[C@@]12CCCC[C@@H]1C1(CCC2)OCCO1. The number of rotatable bonds is 0. The second kappa shape index (κ2) is 3.44.